The summed E-state index contributed by atoms with van der Waals surface area (Å²) in [4.78, 5) is 45.3. The number of likely N-dealkylation sites (N-methyl/N-ethyl adjacent to an activating group) is 1. The number of hydrogen-bond donors (Lipinski definition) is 1. The van der Waals surface area contributed by atoms with Crippen LogP contribution in [0.25, 0.3) is 11.1 Å². The van der Waals surface area contributed by atoms with Crippen molar-refractivity contribution in [2.75, 3.05) is 64.7 Å². The Bertz CT molecular complexity index is 1380. The van der Waals surface area contributed by atoms with Crippen molar-refractivity contribution in [3.05, 3.63) is 78.3 Å². The lowest BCUT2D eigenvalue weighted by atomic mass is 10.0. The Balaban J connectivity index is 1.02. The maximum Gasteiger partial charge on any atom is 0.411 e. The molecule has 2 aliphatic rings. The minimum atomic E-state index is -0.441. The first-order valence-corrected chi connectivity index (χ1v) is 15.0. The summed E-state index contributed by atoms with van der Waals surface area (Å²) in [6, 6.07) is 21.3. The van der Waals surface area contributed by atoms with Gasteiger partial charge in [-0.15, -0.1) is 0 Å². The largest absolute Gasteiger partial charge is 0.455 e. The fourth-order valence-corrected chi connectivity index (χ4v) is 5.60. The number of rotatable bonds is 9. The molecule has 2 aliphatic heterocycles. The van der Waals surface area contributed by atoms with E-state index in [1.54, 1.807) is 24.9 Å². The molecule has 3 heterocycles. The van der Waals surface area contributed by atoms with Crippen molar-refractivity contribution in [1.82, 2.24) is 19.6 Å². The Labute approximate surface area is 253 Å². The van der Waals surface area contributed by atoms with Crippen LogP contribution < -0.4 is 5.32 Å². The summed E-state index contributed by atoms with van der Waals surface area (Å²) in [6.07, 6.45) is 0.899. The molecule has 3 aromatic rings. The van der Waals surface area contributed by atoms with E-state index in [2.05, 4.69) is 15.1 Å². The molecular weight excluding hydrogens is 546 g/mol. The monoisotopic (exact) mass is 587 g/mol. The van der Waals surface area contributed by atoms with Crippen LogP contribution in [0.5, 0.6) is 0 Å². The Morgan fingerprint density at radius 3 is 2.30 bits per heavy atom. The average molecular weight is 588 g/mol. The quantitative estimate of drug-likeness (QED) is 0.396. The number of nitrogens with zero attached hydrogens (tertiary/aromatic N) is 4. The molecular formula is C33H41N5O5. The molecule has 43 heavy (non-hydrogen) atoms. The van der Waals surface area contributed by atoms with Crippen molar-refractivity contribution in [1.29, 1.82) is 0 Å². The van der Waals surface area contributed by atoms with E-state index in [1.165, 1.54) is 0 Å². The second-order valence-corrected chi connectivity index (χ2v) is 11.3. The lowest BCUT2D eigenvalue weighted by molar-refractivity contribution is -0.130. The third-order valence-corrected chi connectivity index (χ3v) is 8.22. The van der Waals surface area contributed by atoms with Crippen molar-refractivity contribution in [3.8, 4) is 11.1 Å². The summed E-state index contributed by atoms with van der Waals surface area (Å²) < 4.78 is 11.6. The highest BCUT2D eigenvalue weighted by Gasteiger charge is 2.25. The molecule has 10 heteroatoms. The number of hydrogen-bond acceptors (Lipinski definition) is 7. The molecule has 3 amide bonds. The highest BCUT2D eigenvalue weighted by Crippen LogP contribution is 2.28. The Hall–Kier alpha value is -4.15. The predicted molar refractivity (Wildman–Crippen MR) is 165 cm³/mol. The van der Waals surface area contributed by atoms with Crippen LogP contribution in [0.1, 0.15) is 36.1 Å². The van der Waals surface area contributed by atoms with Gasteiger partial charge in [0.25, 0.3) is 5.91 Å². The molecule has 10 nitrogen and oxygen atoms in total. The topological polar surface area (TPSA) is 98.6 Å². The molecule has 0 atom stereocenters. The summed E-state index contributed by atoms with van der Waals surface area (Å²) in [5.74, 6) is 1.06. The van der Waals surface area contributed by atoms with E-state index >= 15 is 0 Å². The lowest BCUT2D eigenvalue weighted by Gasteiger charge is -2.33. The van der Waals surface area contributed by atoms with Gasteiger partial charge in [-0.3, -0.25) is 19.8 Å². The number of anilines is 1. The van der Waals surface area contributed by atoms with Gasteiger partial charge in [0.15, 0.2) is 5.76 Å². The number of piperidine rings is 1. The summed E-state index contributed by atoms with van der Waals surface area (Å²) in [7, 11) is 1.79. The number of likely N-dealkylation sites (tertiary alicyclic amines) is 1. The highest BCUT2D eigenvalue weighted by atomic mass is 16.6. The van der Waals surface area contributed by atoms with E-state index in [0.717, 1.165) is 68.1 Å². The van der Waals surface area contributed by atoms with E-state index in [9.17, 15) is 14.4 Å². The molecule has 0 spiro atoms. The first-order chi connectivity index (χ1) is 20.9. The zero-order valence-corrected chi connectivity index (χ0v) is 25.0. The maximum atomic E-state index is 13.0. The molecule has 0 radical (unpaired) electrons. The molecule has 0 unspecified atom stereocenters. The van der Waals surface area contributed by atoms with Gasteiger partial charge in [0.05, 0.1) is 12.2 Å². The minimum Gasteiger partial charge on any atom is -0.455 e. The van der Waals surface area contributed by atoms with Crippen LogP contribution in [0.3, 0.4) is 0 Å². The van der Waals surface area contributed by atoms with Gasteiger partial charge in [0, 0.05) is 71.9 Å². The van der Waals surface area contributed by atoms with Crippen molar-refractivity contribution in [2.45, 2.75) is 32.4 Å². The van der Waals surface area contributed by atoms with Gasteiger partial charge in [-0.25, -0.2) is 4.79 Å². The molecule has 0 bridgehead atoms. The highest BCUT2D eigenvalue weighted by molar-refractivity contribution is 5.92. The van der Waals surface area contributed by atoms with Crippen molar-refractivity contribution >= 4 is 23.6 Å². The Morgan fingerprint density at radius 2 is 1.58 bits per heavy atom. The number of nitrogens with one attached hydrogen (secondary N) is 1. The number of amides is 3. The minimum absolute atomic E-state index is 0.107. The summed E-state index contributed by atoms with van der Waals surface area (Å²) in [5.41, 5.74) is 2.70. The molecule has 1 aromatic heterocycles. The summed E-state index contributed by atoms with van der Waals surface area (Å²) in [6.45, 7) is 8.12. The number of ether oxygens (including phenoxy) is 1. The number of piperazine rings is 1. The van der Waals surface area contributed by atoms with Gasteiger partial charge >= 0.3 is 6.09 Å². The standard InChI is InChI=1S/C33H41N5O5/c1-25(39)38-22-20-37(21-23-38)24-28-12-13-31(42-28)32(40)35(2)18-19-36-16-14-27(15-17-36)43-33(41)34-30-11-7-6-10-29(30)26-8-4-3-5-9-26/h3-13,27H,14-24H2,1-2H3,(H,34,41). The molecule has 0 saturated carbocycles. The Kier molecular flexibility index (Phi) is 10.1. The normalized spacial score (nSPS) is 16.6. The number of furan rings is 1. The fraction of sp³-hybridized carbons (Fsp3) is 0.424. The van der Waals surface area contributed by atoms with Crippen LogP contribution in [0.2, 0.25) is 0 Å². The second-order valence-electron chi connectivity index (χ2n) is 11.3. The number of benzene rings is 2. The van der Waals surface area contributed by atoms with Crippen LogP contribution in [-0.2, 0) is 16.1 Å². The third-order valence-electron chi connectivity index (χ3n) is 8.22. The maximum absolute atomic E-state index is 13.0. The molecule has 228 valence electrons. The number of carbonyl (C=O) groups excluding carboxylic acids is 3. The van der Waals surface area contributed by atoms with Gasteiger partial charge in [-0.1, -0.05) is 48.5 Å². The summed E-state index contributed by atoms with van der Waals surface area (Å²) >= 11 is 0. The summed E-state index contributed by atoms with van der Waals surface area (Å²) in [5, 5.41) is 2.92. The van der Waals surface area contributed by atoms with Crippen molar-refractivity contribution in [3.63, 3.8) is 0 Å². The SMILES string of the molecule is CC(=O)N1CCN(Cc2ccc(C(=O)N(C)CCN3CCC(OC(=O)Nc4ccccc4-c4ccccc4)CC3)o2)CC1. The fourth-order valence-electron chi connectivity index (χ4n) is 5.60. The zero-order chi connectivity index (χ0) is 30.2. The smallest absolute Gasteiger partial charge is 0.411 e. The van der Waals surface area contributed by atoms with Crippen molar-refractivity contribution < 1.29 is 23.5 Å². The van der Waals surface area contributed by atoms with Crippen LogP contribution in [0, 0.1) is 0 Å². The molecule has 2 aromatic carbocycles. The van der Waals surface area contributed by atoms with E-state index in [4.69, 9.17) is 9.15 Å². The van der Waals surface area contributed by atoms with Gasteiger partial charge < -0.3 is 23.9 Å². The predicted octanol–water partition coefficient (Wildman–Crippen LogP) is 4.40. The molecule has 5 rings (SSSR count). The van der Waals surface area contributed by atoms with Crippen LogP contribution in [-0.4, -0.2) is 103 Å². The van der Waals surface area contributed by atoms with Gasteiger partial charge in [-0.05, 0) is 36.6 Å². The number of para-hydroxylation sites is 1. The Morgan fingerprint density at radius 1 is 0.884 bits per heavy atom. The zero-order valence-electron chi connectivity index (χ0n) is 25.0. The average Bonchev–Trinajstić information content (AvgIpc) is 3.49. The van der Waals surface area contributed by atoms with Gasteiger partial charge in [0.2, 0.25) is 5.91 Å². The second kappa shape index (κ2) is 14.3. The lowest BCUT2D eigenvalue weighted by Crippen LogP contribution is -2.47. The van der Waals surface area contributed by atoms with Gasteiger partial charge in [-0.2, -0.15) is 0 Å². The van der Waals surface area contributed by atoms with Crippen molar-refractivity contribution in [2.24, 2.45) is 0 Å². The first kappa shape index (κ1) is 30.3. The number of carbonyl (C=O) groups is 3. The first-order valence-electron chi connectivity index (χ1n) is 15.0. The van der Waals surface area contributed by atoms with Gasteiger partial charge in [0.1, 0.15) is 11.9 Å². The molecule has 2 saturated heterocycles. The van der Waals surface area contributed by atoms with E-state index in [-0.39, 0.29) is 17.9 Å². The van der Waals surface area contributed by atoms with Crippen LogP contribution in [0.15, 0.2) is 71.1 Å². The molecule has 0 aliphatic carbocycles. The van der Waals surface area contributed by atoms with Crippen LogP contribution >= 0.6 is 0 Å². The van der Waals surface area contributed by atoms with E-state index in [0.29, 0.717) is 31.9 Å². The molecule has 2 fully saturated rings. The van der Waals surface area contributed by atoms with E-state index in [1.807, 2.05) is 65.6 Å². The van der Waals surface area contributed by atoms with Crippen LogP contribution in [0.4, 0.5) is 10.5 Å². The third kappa shape index (κ3) is 8.24. The van der Waals surface area contributed by atoms with E-state index < -0.39 is 6.09 Å². The molecule has 1 N–H and O–H groups in total.